The summed E-state index contributed by atoms with van der Waals surface area (Å²) < 4.78 is 5.54. The first-order chi connectivity index (χ1) is 10.4. The smallest absolute Gasteiger partial charge is 0.176 e. The van der Waals surface area contributed by atoms with Crippen LogP contribution in [0, 0.1) is 5.41 Å². The molecule has 0 unspecified atom stereocenters. The predicted octanol–water partition coefficient (Wildman–Crippen LogP) is 5.21. The van der Waals surface area contributed by atoms with E-state index < -0.39 is 5.41 Å². The highest BCUT2D eigenvalue weighted by Crippen LogP contribution is 2.25. The average molecular weight is 337 g/mol. The largest absolute Gasteiger partial charge is 0.486 e. The number of halogens is 2. The predicted molar refractivity (Wildman–Crippen MR) is 90.9 cm³/mol. The lowest BCUT2D eigenvalue weighted by atomic mass is 9.82. The van der Waals surface area contributed by atoms with Crippen LogP contribution >= 0.6 is 23.2 Å². The maximum Gasteiger partial charge on any atom is 0.176 e. The van der Waals surface area contributed by atoms with Crippen molar-refractivity contribution >= 4 is 29.0 Å². The first-order valence-corrected chi connectivity index (χ1v) is 7.78. The molecule has 22 heavy (non-hydrogen) atoms. The summed E-state index contributed by atoms with van der Waals surface area (Å²) in [6.07, 6.45) is 0.646. The molecule has 0 amide bonds. The van der Waals surface area contributed by atoms with Crippen molar-refractivity contribution in [1.82, 2.24) is 0 Å². The molecule has 0 aromatic heterocycles. The number of hydrogen-bond acceptors (Lipinski definition) is 2. The van der Waals surface area contributed by atoms with E-state index in [9.17, 15) is 4.79 Å². The molecule has 0 saturated heterocycles. The van der Waals surface area contributed by atoms with Crippen LogP contribution in [-0.2, 0) is 11.2 Å². The third kappa shape index (κ3) is 4.75. The maximum absolute atomic E-state index is 12.4. The molecule has 2 aromatic carbocycles. The first-order valence-electron chi connectivity index (χ1n) is 7.03. The zero-order valence-electron chi connectivity index (χ0n) is 12.6. The van der Waals surface area contributed by atoms with Crippen molar-refractivity contribution in [2.24, 2.45) is 5.41 Å². The van der Waals surface area contributed by atoms with Gasteiger partial charge in [0.25, 0.3) is 0 Å². The molecule has 0 spiro atoms. The van der Waals surface area contributed by atoms with E-state index in [-0.39, 0.29) is 12.4 Å². The second-order valence-corrected chi connectivity index (χ2v) is 6.73. The highest BCUT2D eigenvalue weighted by Gasteiger charge is 2.28. The van der Waals surface area contributed by atoms with Crippen molar-refractivity contribution < 1.29 is 9.53 Å². The molecule has 2 rings (SSSR count). The van der Waals surface area contributed by atoms with Gasteiger partial charge in [0.2, 0.25) is 0 Å². The maximum atomic E-state index is 12.4. The number of hydrogen-bond donors (Lipinski definition) is 0. The molecule has 0 radical (unpaired) electrons. The molecule has 0 aliphatic carbocycles. The van der Waals surface area contributed by atoms with E-state index >= 15 is 0 Å². The summed E-state index contributed by atoms with van der Waals surface area (Å²) in [5.41, 5.74) is 0.578. The quantitative estimate of drug-likeness (QED) is 0.723. The van der Waals surface area contributed by atoms with Gasteiger partial charge in [-0.2, -0.15) is 0 Å². The third-order valence-corrected chi connectivity index (χ3v) is 4.00. The highest BCUT2D eigenvalue weighted by molar-refractivity contribution is 6.30. The number of ether oxygens (including phenoxy) is 1. The van der Waals surface area contributed by atoms with Gasteiger partial charge in [-0.25, -0.2) is 0 Å². The zero-order valence-corrected chi connectivity index (χ0v) is 14.1. The molecular weight excluding hydrogens is 319 g/mol. The first kappa shape index (κ1) is 16.9. The van der Waals surface area contributed by atoms with Gasteiger partial charge in [-0.15, -0.1) is 0 Å². The van der Waals surface area contributed by atoms with Gasteiger partial charge in [0, 0.05) is 15.5 Å². The second-order valence-electron chi connectivity index (χ2n) is 5.85. The van der Waals surface area contributed by atoms with Gasteiger partial charge in [-0.05, 0) is 48.4 Å². The Balaban J connectivity index is 1.94. The Morgan fingerprint density at radius 3 is 2.00 bits per heavy atom. The Bertz CT molecular complexity index is 631. The van der Waals surface area contributed by atoms with Crippen molar-refractivity contribution in [3.8, 4) is 5.75 Å². The minimum Gasteiger partial charge on any atom is -0.486 e. The summed E-state index contributed by atoms with van der Waals surface area (Å²) in [7, 11) is 0. The minimum absolute atomic E-state index is 0.0439. The van der Waals surface area contributed by atoms with E-state index in [4.69, 9.17) is 27.9 Å². The average Bonchev–Trinajstić information content (AvgIpc) is 2.48. The van der Waals surface area contributed by atoms with E-state index in [1.165, 1.54) is 0 Å². The Hall–Kier alpha value is -1.51. The van der Waals surface area contributed by atoms with Crippen molar-refractivity contribution in [2.45, 2.75) is 20.3 Å². The standard InChI is InChI=1S/C18H18Cl2O2/c1-18(2,11-13-3-5-14(19)6-4-13)17(21)12-22-16-9-7-15(20)8-10-16/h3-10H,11-12H2,1-2H3. The van der Waals surface area contributed by atoms with Crippen LogP contribution in [0.15, 0.2) is 48.5 Å². The fourth-order valence-corrected chi connectivity index (χ4v) is 2.34. The van der Waals surface area contributed by atoms with Crippen LogP contribution in [-0.4, -0.2) is 12.4 Å². The summed E-state index contributed by atoms with van der Waals surface area (Å²) in [5, 5.41) is 1.33. The Labute approximate surface area is 141 Å². The van der Waals surface area contributed by atoms with Gasteiger partial charge >= 0.3 is 0 Å². The Morgan fingerprint density at radius 2 is 1.45 bits per heavy atom. The lowest BCUT2D eigenvalue weighted by molar-refractivity contribution is -0.129. The zero-order chi connectivity index (χ0) is 16.2. The fourth-order valence-electron chi connectivity index (χ4n) is 2.09. The molecule has 0 saturated carbocycles. The van der Waals surface area contributed by atoms with Gasteiger partial charge < -0.3 is 4.74 Å². The molecule has 0 aliphatic rings. The normalized spacial score (nSPS) is 11.3. The molecule has 4 heteroatoms. The molecule has 0 heterocycles. The number of Topliss-reactive ketones (excluding diaryl/α,β-unsaturated/α-hetero) is 1. The Kier molecular flexibility index (Phi) is 5.49. The van der Waals surface area contributed by atoms with Gasteiger partial charge in [0.05, 0.1) is 0 Å². The SMILES string of the molecule is CC(C)(Cc1ccc(Cl)cc1)C(=O)COc1ccc(Cl)cc1. The minimum atomic E-state index is -0.500. The van der Waals surface area contributed by atoms with Crippen LogP contribution in [0.4, 0.5) is 0 Å². The molecule has 0 bridgehead atoms. The molecule has 0 atom stereocenters. The summed E-state index contributed by atoms with van der Waals surface area (Å²) in [5.74, 6) is 0.692. The van der Waals surface area contributed by atoms with Gasteiger partial charge in [-0.1, -0.05) is 49.2 Å². The molecule has 116 valence electrons. The van der Waals surface area contributed by atoms with Crippen molar-refractivity contribution in [3.05, 3.63) is 64.1 Å². The van der Waals surface area contributed by atoms with Crippen LogP contribution < -0.4 is 4.74 Å². The van der Waals surface area contributed by atoms with Crippen LogP contribution in [0.1, 0.15) is 19.4 Å². The lowest BCUT2D eigenvalue weighted by Crippen LogP contribution is -2.31. The summed E-state index contributed by atoms with van der Waals surface area (Å²) >= 11 is 11.7. The Morgan fingerprint density at radius 1 is 0.955 bits per heavy atom. The molecule has 2 aromatic rings. The molecule has 0 N–H and O–H groups in total. The van der Waals surface area contributed by atoms with Crippen LogP contribution in [0.5, 0.6) is 5.75 Å². The van der Waals surface area contributed by atoms with E-state index in [0.717, 1.165) is 5.56 Å². The summed E-state index contributed by atoms with van der Waals surface area (Å²) in [4.78, 5) is 12.4. The topological polar surface area (TPSA) is 26.3 Å². The van der Waals surface area contributed by atoms with E-state index in [0.29, 0.717) is 22.2 Å². The van der Waals surface area contributed by atoms with E-state index in [2.05, 4.69) is 0 Å². The third-order valence-electron chi connectivity index (χ3n) is 3.50. The number of carbonyl (C=O) groups is 1. The molecular formula is C18H18Cl2O2. The number of ketones is 1. The van der Waals surface area contributed by atoms with Crippen molar-refractivity contribution in [3.63, 3.8) is 0 Å². The summed E-state index contributed by atoms with van der Waals surface area (Å²) in [6.45, 7) is 3.90. The van der Waals surface area contributed by atoms with E-state index in [1.54, 1.807) is 24.3 Å². The van der Waals surface area contributed by atoms with Crippen LogP contribution in [0.2, 0.25) is 10.0 Å². The fraction of sp³-hybridized carbons (Fsp3) is 0.278. The molecule has 0 aliphatic heterocycles. The van der Waals surface area contributed by atoms with Gasteiger partial charge in [0.15, 0.2) is 5.78 Å². The summed E-state index contributed by atoms with van der Waals surface area (Å²) in [6, 6.07) is 14.5. The van der Waals surface area contributed by atoms with E-state index in [1.807, 2.05) is 38.1 Å². The van der Waals surface area contributed by atoms with Gasteiger partial charge in [-0.3, -0.25) is 4.79 Å². The van der Waals surface area contributed by atoms with Crippen LogP contribution in [0.3, 0.4) is 0 Å². The monoisotopic (exact) mass is 336 g/mol. The van der Waals surface area contributed by atoms with Crippen molar-refractivity contribution in [1.29, 1.82) is 0 Å². The number of carbonyl (C=O) groups excluding carboxylic acids is 1. The number of rotatable bonds is 6. The molecule has 0 fully saturated rings. The lowest BCUT2D eigenvalue weighted by Gasteiger charge is -2.23. The highest BCUT2D eigenvalue weighted by atomic mass is 35.5. The van der Waals surface area contributed by atoms with Crippen molar-refractivity contribution in [2.75, 3.05) is 6.61 Å². The van der Waals surface area contributed by atoms with Crippen LogP contribution in [0.25, 0.3) is 0 Å². The number of benzene rings is 2. The van der Waals surface area contributed by atoms with Gasteiger partial charge in [0.1, 0.15) is 12.4 Å². The molecule has 2 nitrogen and oxygen atoms in total. The second kappa shape index (κ2) is 7.17.